The molecule has 0 saturated carbocycles. The Balaban J connectivity index is 2.23. The fraction of sp³-hybridized carbons (Fsp3) is 0.467. The van der Waals surface area contributed by atoms with Crippen LogP contribution in [0.5, 0.6) is 11.5 Å². The van der Waals surface area contributed by atoms with Gasteiger partial charge < -0.3 is 19.5 Å². The standard InChI is InChI=1S/C15H19NO5S/c1-20-12-4-3-10(7-13(12)21-2)15(19)16-5-6-22-9-11(16)8-14(17)18/h3-4,7,11H,5-6,8-9H2,1-2H3,(H,17,18). The summed E-state index contributed by atoms with van der Waals surface area (Å²) in [6.07, 6.45) is -0.0357. The van der Waals surface area contributed by atoms with Crippen LogP contribution in [-0.4, -0.2) is 60.2 Å². The molecule has 120 valence electrons. The molecule has 1 aromatic carbocycles. The largest absolute Gasteiger partial charge is 0.493 e. The normalized spacial score (nSPS) is 17.9. The molecule has 2 rings (SSSR count). The van der Waals surface area contributed by atoms with E-state index < -0.39 is 5.97 Å². The van der Waals surface area contributed by atoms with Gasteiger partial charge in [-0.15, -0.1) is 0 Å². The van der Waals surface area contributed by atoms with E-state index in [-0.39, 0.29) is 18.4 Å². The second-order valence-electron chi connectivity index (χ2n) is 4.89. The van der Waals surface area contributed by atoms with Gasteiger partial charge in [0.2, 0.25) is 0 Å². The Morgan fingerprint density at radius 3 is 2.68 bits per heavy atom. The Labute approximate surface area is 133 Å². The van der Waals surface area contributed by atoms with Crippen molar-refractivity contribution in [3.05, 3.63) is 23.8 Å². The maximum atomic E-state index is 12.7. The maximum Gasteiger partial charge on any atom is 0.305 e. The number of aliphatic carboxylic acids is 1. The van der Waals surface area contributed by atoms with Crippen LogP contribution >= 0.6 is 11.8 Å². The van der Waals surface area contributed by atoms with Crippen LogP contribution in [-0.2, 0) is 4.79 Å². The van der Waals surface area contributed by atoms with Gasteiger partial charge >= 0.3 is 5.97 Å². The highest BCUT2D eigenvalue weighted by Crippen LogP contribution is 2.29. The molecule has 0 bridgehead atoms. The monoisotopic (exact) mass is 325 g/mol. The first-order valence-electron chi connectivity index (χ1n) is 6.89. The van der Waals surface area contributed by atoms with Crippen molar-refractivity contribution in [1.29, 1.82) is 0 Å². The molecule has 0 aromatic heterocycles. The number of carbonyl (C=O) groups is 2. The molecular formula is C15H19NO5S. The lowest BCUT2D eigenvalue weighted by Crippen LogP contribution is -2.47. The molecule has 1 heterocycles. The van der Waals surface area contributed by atoms with Crippen LogP contribution in [0.4, 0.5) is 0 Å². The number of benzene rings is 1. The van der Waals surface area contributed by atoms with E-state index in [4.69, 9.17) is 14.6 Å². The lowest BCUT2D eigenvalue weighted by molar-refractivity contribution is -0.138. The smallest absolute Gasteiger partial charge is 0.305 e. The summed E-state index contributed by atoms with van der Waals surface area (Å²) >= 11 is 1.67. The maximum absolute atomic E-state index is 12.7. The number of methoxy groups -OCH3 is 2. The molecule has 1 fully saturated rings. The molecule has 1 saturated heterocycles. The topological polar surface area (TPSA) is 76.1 Å². The van der Waals surface area contributed by atoms with Crippen molar-refractivity contribution in [2.24, 2.45) is 0 Å². The number of amides is 1. The van der Waals surface area contributed by atoms with Gasteiger partial charge in [0.05, 0.1) is 26.7 Å². The van der Waals surface area contributed by atoms with Gasteiger partial charge in [-0.05, 0) is 18.2 Å². The summed E-state index contributed by atoms with van der Waals surface area (Å²) in [5.41, 5.74) is 0.472. The van der Waals surface area contributed by atoms with Crippen molar-refractivity contribution in [2.45, 2.75) is 12.5 Å². The fourth-order valence-electron chi connectivity index (χ4n) is 2.43. The number of carboxylic acids is 1. The first-order chi connectivity index (χ1) is 10.6. The predicted octanol–water partition coefficient (Wildman–Crippen LogP) is 1.74. The van der Waals surface area contributed by atoms with Gasteiger partial charge in [-0.2, -0.15) is 11.8 Å². The fourth-order valence-corrected chi connectivity index (χ4v) is 3.49. The molecule has 7 heteroatoms. The molecule has 6 nitrogen and oxygen atoms in total. The van der Waals surface area contributed by atoms with E-state index in [1.165, 1.54) is 14.2 Å². The van der Waals surface area contributed by atoms with Crippen molar-refractivity contribution in [3.8, 4) is 11.5 Å². The first kappa shape index (κ1) is 16.5. The van der Waals surface area contributed by atoms with Crippen molar-refractivity contribution in [2.75, 3.05) is 32.3 Å². The van der Waals surface area contributed by atoms with Crippen molar-refractivity contribution >= 4 is 23.6 Å². The number of hydrogen-bond acceptors (Lipinski definition) is 5. The zero-order valence-corrected chi connectivity index (χ0v) is 13.4. The molecule has 1 unspecified atom stereocenters. The molecular weight excluding hydrogens is 306 g/mol. The second kappa shape index (κ2) is 7.40. The minimum absolute atomic E-state index is 0.0357. The summed E-state index contributed by atoms with van der Waals surface area (Å²) in [6, 6.07) is 4.69. The van der Waals surface area contributed by atoms with Crippen LogP contribution in [0.25, 0.3) is 0 Å². The predicted molar refractivity (Wildman–Crippen MR) is 83.9 cm³/mol. The van der Waals surface area contributed by atoms with Gasteiger partial charge in [0.1, 0.15) is 0 Å². The third kappa shape index (κ3) is 3.65. The minimum Gasteiger partial charge on any atom is -0.493 e. The molecule has 1 aliphatic heterocycles. The highest BCUT2D eigenvalue weighted by Gasteiger charge is 2.29. The summed E-state index contributed by atoms with van der Waals surface area (Å²) in [7, 11) is 3.04. The first-order valence-corrected chi connectivity index (χ1v) is 8.04. The molecule has 1 N–H and O–H groups in total. The summed E-state index contributed by atoms with van der Waals surface area (Å²) < 4.78 is 10.4. The number of carboxylic acid groups (broad SMARTS) is 1. The Morgan fingerprint density at radius 1 is 1.32 bits per heavy atom. The van der Waals surface area contributed by atoms with Crippen molar-refractivity contribution in [3.63, 3.8) is 0 Å². The average molecular weight is 325 g/mol. The van der Waals surface area contributed by atoms with Crippen LogP contribution < -0.4 is 9.47 Å². The molecule has 1 aromatic rings. The molecule has 1 aliphatic rings. The highest BCUT2D eigenvalue weighted by molar-refractivity contribution is 7.99. The lowest BCUT2D eigenvalue weighted by Gasteiger charge is -2.34. The summed E-state index contributed by atoms with van der Waals surface area (Å²) in [4.78, 5) is 25.3. The number of nitrogens with zero attached hydrogens (tertiary/aromatic N) is 1. The van der Waals surface area contributed by atoms with E-state index in [0.717, 1.165) is 5.75 Å². The SMILES string of the molecule is COc1ccc(C(=O)N2CCSCC2CC(=O)O)cc1OC. The van der Waals surface area contributed by atoms with Crippen LogP contribution in [0.1, 0.15) is 16.8 Å². The quantitative estimate of drug-likeness (QED) is 0.888. The summed E-state index contributed by atoms with van der Waals surface area (Å²) in [6.45, 7) is 0.551. The van der Waals surface area contributed by atoms with Gasteiger partial charge in [0.15, 0.2) is 11.5 Å². The van der Waals surface area contributed by atoms with Crippen LogP contribution in [0.15, 0.2) is 18.2 Å². The lowest BCUT2D eigenvalue weighted by atomic mass is 10.1. The minimum atomic E-state index is -0.891. The molecule has 1 amide bonds. The molecule has 1 atom stereocenters. The second-order valence-corrected chi connectivity index (χ2v) is 6.04. The molecule has 0 aliphatic carbocycles. The van der Waals surface area contributed by atoms with E-state index >= 15 is 0 Å². The number of rotatable bonds is 5. The Kier molecular flexibility index (Phi) is 5.54. The third-order valence-corrected chi connectivity index (χ3v) is 4.62. The number of carbonyl (C=O) groups excluding carboxylic acids is 1. The molecule has 0 spiro atoms. The van der Waals surface area contributed by atoms with E-state index in [0.29, 0.717) is 29.4 Å². The zero-order chi connectivity index (χ0) is 16.1. The van der Waals surface area contributed by atoms with Crippen molar-refractivity contribution < 1.29 is 24.2 Å². The number of thioether (sulfide) groups is 1. The van der Waals surface area contributed by atoms with Crippen LogP contribution in [0.2, 0.25) is 0 Å². The van der Waals surface area contributed by atoms with Crippen molar-refractivity contribution in [1.82, 2.24) is 4.90 Å². The van der Waals surface area contributed by atoms with Gasteiger partial charge in [-0.3, -0.25) is 9.59 Å². The van der Waals surface area contributed by atoms with Gasteiger partial charge in [-0.1, -0.05) is 0 Å². The molecule has 22 heavy (non-hydrogen) atoms. The third-order valence-electron chi connectivity index (χ3n) is 3.53. The van der Waals surface area contributed by atoms with E-state index in [9.17, 15) is 9.59 Å². The van der Waals surface area contributed by atoms with Gasteiger partial charge in [0.25, 0.3) is 5.91 Å². The zero-order valence-electron chi connectivity index (χ0n) is 12.6. The molecule has 0 radical (unpaired) electrons. The van der Waals surface area contributed by atoms with Crippen LogP contribution in [0.3, 0.4) is 0 Å². The van der Waals surface area contributed by atoms with E-state index in [1.807, 2.05) is 0 Å². The Bertz CT molecular complexity index is 563. The summed E-state index contributed by atoms with van der Waals surface area (Å²) in [5.74, 6) is 1.43. The Hall–Kier alpha value is -1.89. The number of hydrogen-bond donors (Lipinski definition) is 1. The van der Waals surface area contributed by atoms with Crippen LogP contribution in [0, 0.1) is 0 Å². The van der Waals surface area contributed by atoms with E-state index in [2.05, 4.69) is 0 Å². The number of ether oxygens (including phenoxy) is 2. The van der Waals surface area contributed by atoms with E-state index in [1.54, 1.807) is 34.9 Å². The highest BCUT2D eigenvalue weighted by atomic mass is 32.2. The Morgan fingerprint density at radius 2 is 2.05 bits per heavy atom. The average Bonchev–Trinajstić information content (AvgIpc) is 2.53. The summed E-state index contributed by atoms with van der Waals surface area (Å²) in [5, 5.41) is 9.00. The van der Waals surface area contributed by atoms with Gasteiger partial charge in [-0.25, -0.2) is 0 Å². The van der Waals surface area contributed by atoms with Gasteiger partial charge in [0, 0.05) is 23.6 Å².